The summed E-state index contributed by atoms with van der Waals surface area (Å²) in [7, 11) is 0. The van der Waals surface area contributed by atoms with Crippen LogP contribution in [0.15, 0.2) is 18.2 Å². The minimum absolute atomic E-state index is 0.113. The smallest absolute Gasteiger partial charge is 0.236 e. The maximum atomic E-state index is 14.0. The van der Waals surface area contributed by atoms with Gasteiger partial charge in [0.15, 0.2) is 0 Å². The number of benzene rings is 1. The van der Waals surface area contributed by atoms with E-state index in [1.54, 1.807) is 0 Å². The van der Waals surface area contributed by atoms with Crippen LogP contribution in [0.25, 0.3) is 0 Å². The van der Waals surface area contributed by atoms with Crippen LogP contribution < -0.4 is 0 Å². The van der Waals surface area contributed by atoms with E-state index in [-0.39, 0.29) is 11.9 Å². The topological polar surface area (TPSA) is 36.0 Å². The van der Waals surface area contributed by atoms with E-state index >= 15 is 0 Å². The predicted octanol–water partition coefficient (Wildman–Crippen LogP) is 1.50. The first-order chi connectivity index (χ1) is 12.0. The highest BCUT2D eigenvalue weighted by molar-refractivity contribution is 5.78. The highest BCUT2D eigenvalue weighted by Crippen LogP contribution is 2.24. The van der Waals surface area contributed by atoms with Gasteiger partial charge in [-0.3, -0.25) is 14.6 Å². The zero-order chi connectivity index (χ0) is 17.8. The Bertz CT molecular complexity index is 600. The van der Waals surface area contributed by atoms with Gasteiger partial charge in [0.2, 0.25) is 5.91 Å². The fourth-order valence-corrected chi connectivity index (χ4v) is 3.45. The van der Waals surface area contributed by atoms with Gasteiger partial charge in [0.05, 0.1) is 19.8 Å². The molecule has 0 spiro atoms. The molecule has 2 fully saturated rings. The lowest BCUT2D eigenvalue weighted by Gasteiger charge is -2.38. The van der Waals surface area contributed by atoms with Crippen molar-refractivity contribution in [3.05, 3.63) is 35.4 Å². The minimum atomic E-state index is -0.556. The molecule has 5 nitrogen and oxygen atoms in total. The zero-order valence-electron chi connectivity index (χ0n) is 14.6. The first-order valence-corrected chi connectivity index (χ1v) is 8.81. The molecule has 0 aromatic heterocycles. The van der Waals surface area contributed by atoms with Crippen molar-refractivity contribution >= 4 is 5.91 Å². The maximum absolute atomic E-state index is 14.0. The average molecular weight is 353 g/mol. The molecule has 1 unspecified atom stereocenters. The van der Waals surface area contributed by atoms with E-state index in [2.05, 4.69) is 9.80 Å². The largest absolute Gasteiger partial charge is 0.378 e. The summed E-state index contributed by atoms with van der Waals surface area (Å²) in [6.45, 7) is 7.97. The van der Waals surface area contributed by atoms with Crippen LogP contribution in [0.5, 0.6) is 0 Å². The van der Waals surface area contributed by atoms with E-state index in [1.807, 2.05) is 11.8 Å². The molecule has 1 aromatic carbocycles. The van der Waals surface area contributed by atoms with Crippen molar-refractivity contribution in [1.82, 2.24) is 14.7 Å². The van der Waals surface area contributed by atoms with Crippen molar-refractivity contribution in [2.75, 3.05) is 59.0 Å². The normalized spacial score (nSPS) is 21.3. The molecule has 3 rings (SSSR count). The van der Waals surface area contributed by atoms with Gasteiger partial charge in [0.1, 0.15) is 11.6 Å². The van der Waals surface area contributed by atoms with Crippen LogP contribution >= 0.6 is 0 Å². The molecule has 0 saturated carbocycles. The molecule has 1 atom stereocenters. The predicted molar refractivity (Wildman–Crippen MR) is 90.2 cm³/mol. The lowest BCUT2D eigenvalue weighted by atomic mass is 10.1. The molecule has 2 aliphatic rings. The molecule has 2 aliphatic heterocycles. The first kappa shape index (κ1) is 18.2. The van der Waals surface area contributed by atoms with Crippen molar-refractivity contribution in [1.29, 1.82) is 0 Å². The number of amides is 1. The Hall–Kier alpha value is -1.57. The second-order valence-corrected chi connectivity index (χ2v) is 6.65. The number of hydrogen-bond acceptors (Lipinski definition) is 4. The summed E-state index contributed by atoms with van der Waals surface area (Å²) < 4.78 is 32.3. The fourth-order valence-electron chi connectivity index (χ4n) is 3.45. The zero-order valence-corrected chi connectivity index (χ0v) is 14.6. The van der Waals surface area contributed by atoms with Crippen molar-refractivity contribution in [3.8, 4) is 0 Å². The Labute approximate surface area is 147 Å². The third-order valence-corrected chi connectivity index (χ3v) is 5.09. The summed E-state index contributed by atoms with van der Waals surface area (Å²) in [5.74, 6) is -0.910. The van der Waals surface area contributed by atoms with E-state index in [9.17, 15) is 13.6 Å². The van der Waals surface area contributed by atoms with Crippen molar-refractivity contribution in [2.45, 2.75) is 13.0 Å². The number of carbonyl (C=O) groups excluding carboxylic acids is 1. The van der Waals surface area contributed by atoms with Gasteiger partial charge in [-0.25, -0.2) is 8.78 Å². The monoisotopic (exact) mass is 353 g/mol. The summed E-state index contributed by atoms with van der Waals surface area (Å²) in [6, 6.07) is 3.64. The van der Waals surface area contributed by atoms with E-state index in [1.165, 1.54) is 12.1 Å². The molecule has 0 aliphatic carbocycles. The molecule has 1 aromatic rings. The molecular formula is C18H25F2N3O2. The number of carbonyl (C=O) groups is 1. The number of halogens is 2. The van der Waals surface area contributed by atoms with Crippen LogP contribution in [0.4, 0.5) is 8.78 Å². The van der Waals surface area contributed by atoms with Crippen LogP contribution in [0.1, 0.15) is 18.5 Å². The number of hydrogen-bond donors (Lipinski definition) is 0. The van der Waals surface area contributed by atoms with Gasteiger partial charge in [0, 0.05) is 56.9 Å². The van der Waals surface area contributed by atoms with Gasteiger partial charge in [-0.15, -0.1) is 0 Å². The molecule has 2 saturated heterocycles. The standard InChI is InChI=1S/C18H25F2N3O2/c1-14(16-3-2-15(19)12-17(16)20)22-6-4-21(5-7-22)13-18(24)23-8-10-25-11-9-23/h2-3,12,14H,4-11,13H2,1H3. The van der Waals surface area contributed by atoms with E-state index < -0.39 is 11.6 Å². The SMILES string of the molecule is CC(c1ccc(F)cc1F)N1CCN(CC(=O)N2CCOCC2)CC1. The molecule has 138 valence electrons. The molecule has 2 heterocycles. The van der Waals surface area contributed by atoms with E-state index in [0.29, 0.717) is 38.4 Å². The molecule has 7 heteroatoms. The summed E-state index contributed by atoms with van der Waals surface area (Å²) in [4.78, 5) is 18.5. The van der Waals surface area contributed by atoms with Crippen LogP contribution in [0, 0.1) is 11.6 Å². The lowest BCUT2D eigenvalue weighted by Crippen LogP contribution is -2.51. The van der Waals surface area contributed by atoms with Gasteiger partial charge in [-0.1, -0.05) is 6.07 Å². The average Bonchev–Trinajstić information content (AvgIpc) is 2.62. The van der Waals surface area contributed by atoms with E-state index in [0.717, 1.165) is 32.2 Å². The molecule has 0 bridgehead atoms. The number of ether oxygens (including phenoxy) is 1. The number of morpholine rings is 1. The molecule has 0 radical (unpaired) electrons. The Morgan fingerprint density at radius 3 is 2.44 bits per heavy atom. The maximum Gasteiger partial charge on any atom is 0.236 e. The number of rotatable bonds is 4. The third kappa shape index (κ3) is 4.54. The summed E-state index contributed by atoms with van der Waals surface area (Å²) in [5, 5.41) is 0. The van der Waals surface area contributed by atoms with Crippen molar-refractivity contribution in [3.63, 3.8) is 0 Å². The Morgan fingerprint density at radius 1 is 1.12 bits per heavy atom. The molecular weight excluding hydrogens is 328 g/mol. The highest BCUT2D eigenvalue weighted by Gasteiger charge is 2.26. The van der Waals surface area contributed by atoms with Gasteiger partial charge < -0.3 is 9.64 Å². The molecule has 25 heavy (non-hydrogen) atoms. The Balaban J connectivity index is 1.50. The van der Waals surface area contributed by atoms with Crippen molar-refractivity contribution < 1.29 is 18.3 Å². The number of nitrogens with zero attached hydrogens (tertiary/aromatic N) is 3. The van der Waals surface area contributed by atoms with E-state index in [4.69, 9.17) is 4.74 Å². The van der Waals surface area contributed by atoms with Gasteiger partial charge in [-0.2, -0.15) is 0 Å². The van der Waals surface area contributed by atoms with Crippen LogP contribution in [0.2, 0.25) is 0 Å². The Kier molecular flexibility index (Phi) is 5.98. The highest BCUT2D eigenvalue weighted by atomic mass is 19.1. The number of piperazine rings is 1. The first-order valence-electron chi connectivity index (χ1n) is 8.81. The van der Waals surface area contributed by atoms with Crippen molar-refractivity contribution in [2.24, 2.45) is 0 Å². The Morgan fingerprint density at radius 2 is 1.80 bits per heavy atom. The lowest BCUT2D eigenvalue weighted by molar-refractivity contribution is -0.137. The van der Waals surface area contributed by atoms with Gasteiger partial charge in [-0.05, 0) is 13.0 Å². The quantitative estimate of drug-likeness (QED) is 0.822. The minimum Gasteiger partial charge on any atom is -0.378 e. The fraction of sp³-hybridized carbons (Fsp3) is 0.611. The van der Waals surface area contributed by atoms with Crippen LogP contribution in [-0.4, -0.2) is 79.6 Å². The van der Waals surface area contributed by atoms with Gasteiger partial charge >= 0.3 is 0 Å². The summed E-state index contributed by atoms with van der Waals surface area (Å²) in [5.41, 5.74) is 0.513. The second-order valence-electron chi connectivity index (χ2n) is 6.65. The third-order valence-electron chi connectivity index (χ3n) is 5.09. The van der Waals surface area contributed by atoms with Gasteiger partial charge in [0.25, 0.3) is 0 Å². The molecule has 0 N–H and O–H groups in total. The van der Waals surface area contributed by atoms with Crippen LogP contribution in [-0.2, 0) is 9.53 Å². The molecule has 1 amide bonds. The second kappa shape index (κ2) is 8.21. The summed E-state index contributed by atoms with van der Waals surface area (Å²) in [6.07, 6.45) is 0. The van der Waals surface area contributed by atoms with Crippen LogP contribution in [0.3, 0.4) is 0 Å². The summed E-state index contributed by atoms with van der Waals surface area (Å²) >= 11 is 0.